The number of halogens is 2. The summed E-state index contributed by atoms with van der Waals surface area (Å²) in [6, 6.07) is 18.3. The molecule has 4 rings (SSSR count). The molecule has 1 heterocycles. The molecule has 0 aliphatic heterocycles. The number of carbonyl (C=O) groups excluding carboxylic acids is 3. The van der Waals surface area contributed by atoms with E-state index in [-0.39, 0.29) is 22.6 Å². The monoisotopic (exact) mass is 478 g/mol. The van der Waals surface area contributed by atoms with E-state index < -0.39 is 36.1 Å². The summed E-state index contributed by atoms with van der Waals surface area (Å²) < 4.78 is 19.1. The molecule has 1 aromatic heterocycles. The van der Waals surface area contributed by atoms with Crippen LogP contribution in [0.15, 0.2) is 79.0 Å². The summed E-state index contributed by atoms with van der Waals surface area (Å²) in [4.78, 5) is 41.3. The second-order valence-electron chi connectivity index (χ2n) is 7.58. The number of Topliss-reactive ketones (excluding diaryl/α,β-unsaturated/α-hetero) is 1. The molecule has 6 nitrogen and oxygen atoms in total. The molecule has 0 aliphatic rings. The van der Waals surface area contributed by atoms with Crippen molar-refractivity contribution in [3.8, 4) is 0 Å². The van der Waals surface area contributed by atoms with E-state index in [1.807, 2.05) is 24.3 Å². The summed E-state index contributed by atoms with van der Waals surface area (Å²) in [5.74, 6) is -2.77. The molecule has 0 unspecified atom stereocenters. The Morgan fingerprint density at radius 3 is 2.38 bits per heavy atom. The Kier molecular flexibility index (Phi) is 7.04. The zero-order chi connectivity index (χ0) is 24.1. The van der Waals surface area contributed by atoms with Crippen molar-refractivity contribution >= 4 is 40.2 Å². The molecule has 0 fully saturated rings. The van der Waals surface area contributed by atoms with Crippen LogP contribution in [-0.4, -0.2) is 35.3 Å². The van der Waals surface area contributed by atoms with Crippen LogP contribution in [0.4, 0.5) is 4.39 Å². The van der Waals surface area contributed by atoms with Crippen LogP contribution in [0.2, 0.25) is 5.02 Å². The van der Waals surface area contributed by atoms with Crippen molar-refractivity contribution in [2.24, 2.45) is 0 Å². The summed E-state index contributed by atoms with van der Waals surface area (Å²) >= 11 is 6.13. The first-order valence-corrected chi connectivity index (χ1v) is 10.9. The van der Waals surface area contributed by atoms with E-state index in [1.165, 1.54) is 24.3 Å². The van der Waals surface area contributed by atoms with Gasteiger partial charge in [-0.2, -0.15) is 0 Å². The molecular weight excluding hydrogens is 459 g/mol. The van der Waals surface area contributed by atoms with Crippen LogP contribution in [0.25, 0.3) is 10.9 Å². The number of esters is 1. The van der Waals surface area contributed by atoms with Crippen LogP contribution < -0.4 is 5.32 Å². The average Bonchev–Trinajstić information content (AvgIpc) is 3.25. The van der Waals surface area contributed by atoms with E-state index in [1.54, 1.807) is 24.4 Å². The highest BCUT2D eigenvalue weighted by molar-refractivity contribution is 6.33. The van der Waals surface area contributed by atoms with Gasteiger partial charge >= 0.3 is 5.97 Å². The van der Waals surface area contributed by atoms with E-state index in [2.05, 4.69) is 10.3 Å². The lowest BCUT2D eigenvalue weighted by atomic mass is 10.0. The van der Waals surface area contributed by atoms with Crippen LogP contribution in [0, 0.1) is 5.82 Å². The van der Waals surface area contributed by atoms with Gasteiger partial charge < -0.3 is 15.0 Å². The molecule has 0 saturated carbocycles. The highest BCUT2D eigenvalue weighted by Gasteiger charge is 2.26. The Bertz CT molecular complexity index is 1370. The number of carbonyl (C=O) groups is 3. The molecule has 1 atom stereocenters. The molecule has 0 saturated heterocycles. The molecule has 0 radical (unpaired) electrons. The smallest absolute Gasteiger partial charge is 0.329 e. The number of ether oxygens (including phenoxy) is 1. The minimum absolute atomic E-state index is 0.104. The maximum absolute atomic E-state index is 13.9. The lowest BCUT2D eigenvalue weighted by Crippen LogP contribution is -2.44. The van der Waals surface area contributed by atoms with Crippen molar-refractivity contribution in [2.45, 2.75) is 12.5 Å². The van der Waals surface area contributed by atoms with Gasteiger partial charge in [0.05, 0.1) is 16.1 Å². The summed E-state index contributed by atoms with van der Waals surface area (Å²) in [5, 5.41) is 3.77. The quantitative estimate of drug-likeness (QED) is 0.283. The van der Waals surface area contributed by atoms with Gasteiger partial charge in [-0.05, 0) is 35.9 Å². The molecule has 8 heteroatoms. The fourth-order valence-electron chi connectivity index (χ4n) is 3.60. The van der Waals surface area contributed by atoms with Gasteiger partial charge in [0.2, 0.25) is 5.78 Å². The number of para-hydroxylation sites is 1. The first-order valence-electron chi connectivity index (χ1n) is 10.5. The molecule has 1 amide bonds. The van der Waals surface area contributed by atoms with Gasteiger partial charge in [0.1, 0.15) is 11.9 Å². The normalized spacial score (nSPS) is 11.7. The van der Waals surface area contributed by atoms with Gasteiger partial charge in [0.15, 0.2) is 6.61 Å². The van der Waals surface area contributed by atoms with E-state index in [0.29, 0.717) is 0 Å². The number of H-pyrrole nitrogens is 1. The third kappa shape index (κ3) is 5.15. The van der Waals surface area contributed by atoms with Crippen molar-refractivity contribution < 1.29 is 23.5 Å². The highest BCUT2D eigenvalue weighted by Crippen LogP contribution is 2.20. The Hall–Kier alpha value is -3.97. The molecule has 0 spiro atoms. The van der Waals surface area contributed by atoms with Crippen molar-refractivity contribution in [2.75, 3.05) is 6.61 Å². The van der Waals surface area contributed by atoms with Gasteiger partial charge in [-0.15, -0.1) is 0 Å². The Labute approximate surface area is 199 Å². The molecule has 0 bridgehead atoms. The molecule has 0 aliphatic carbocycles. The largest absolute Gasteiger partial charge is 0.456 e. The van der Waals surface area contributed by atoms with Gasteiger partial charge in [0.25, 0.3) is 5.91 Å². The Morgan fingerprint density at radius 1 is 0.941 bits per heavy atom. The number of nitrogens with one attached hydrogen (secondary N) is 2. The van der Waals surface area contributed by atoms with Crippen molar-refractivity contribution in [3.05, 3.63) is 107 Å². The lowest BCUT2D eigenvalue weighted by Gasteiger charge is -2.18. The third-order valence-electron chi connectivity index (χ3n) is 5.33. The number of hydrogen-bond donors (Lipinski definition) is 2. The number of ketones is 1. The zero-order valence-electron chi connectivity index (χ0n) is 17.9. The minimum Gasteiger partial charge on any atom is -0.456 e. The number of amides is 1. The van der Waals surface area contributed by atoms with Crippen LogP contribution in [-0.2, 0) is 16.0 Å². The first-order chi connectivity index (χ1) is 16.4. The summed E-state index contributed by atoms with van der Waals surface area (Å²) in [5.41, 5.74) is 1.67. The average molecular weight is 479 g/mol. The van der Waals surface area contributed by atoms with Gasteiger partial charge in [0, 0.05) is 23.5 Å². The minimum atomic E-state index is -1.11. The van der Waals surface area contributed by atoms with Gasteiger partial charge in [-0.25, -0.2) is 9.18 Å². The van der Waals surface area contributed by atoms with E-state index in [4.69, 9.17) is 16.3 Å². The Morgan fingerprint density at radius 2 is 1.62 bits per heavy atom. The molecular formula is C26H20ClFN2O4. The fraction of sp³-hybridized carbons (Fsp3) is 0.115. The van der Waals surface area contributed by atoms with Crippen LogP contribution in [0.5, 0.6) is 0 Å². The molecule has 4 aromatic rings. The highest BCUT2D eigenvalue weighted by atomic mass is 35.5. The first kappa shape index (κ1) is 23.2. The zero-order valence-corrected chi connectivity index (χ0v) is 18.6. The summed E-state index contributed by atoms with van der Waals surface area (Å²) in [6.45, 7) is -0.661. The summed E-state index contributed by atoms with van der Waals surface area (Å²) in [6.07, 6.45) is 1.85. The van der Waals surface area contributed by atoms with Crippen molar-refractivity contribution in [3.63, 3.8) is 0 Å². The van der Waals surface area contributed by atoms with E-state index in [0.717, 1.165) is 22.5 Å². The number of aromatic amines is 1. The van der Waals surface area contributed by atoms with Crippen LogP contribution >= 0.6 is 11.6 Å². The second-order valence-corrected chi connectivity index (χ2v) is 7.99. The van der Waals surface area contributed by atoms with Crippen molar-refractivity contribution in [1.29, 1.82) is 0 Å². The molecule has 2 N–H and O–H groups in total. The lowest BCUT2D eigenvalue weighted by molar-refractivity contribution is -0.144. The Balaban J connectivity index is 1.54. The topological polar surface area (TPSA) is 88.3 Å². The van der Waals surface area contributed by atoms with E-state index in [9.17, 15) is 18.8 Å². The maximum atomic E-state index is 13.9. The number of aromatic nitrogens is 1. The predicted molar refractivity (Wildman–Crippen MR) is 126 cm³/mol. The third-order valence-corrected chi connectivity index (χ3v) is 5.66. The summed E-state index contributed by atoms with van der Waals surface area (Å²) in [7, 11) is 0. The molecule has 3 aromatic carbocycles. The number of rotatable bonds is 8. The van der Waals surface area contributed by atoms with Crippen LogP contribution in [0.1, 0.15) is 26.3 Å². The second kappa shape index (κ2) is 10.3. The number of hydrogen-bond acceptors (Lipinski definition) is 4. The number of fused-ring (bicyclic) bond motifs is 1. The van der Waals surface area contributed by atoms with Gasteiger partial charge in [-0.3, -0.25) is 9.59 Å². The van der Waals surface area contributed by atoms with Crippen LogP contribution in [0.3, 0.4) is 0 Å². The molecule has 34 heavy (non-hydrogen) atoms. The SMILES string of the molecule is O=C(COC(=O)[C@@H](Cc1c[nH]c2ccccc12)NC(=O)c1ccccc1Cl)c1ccccc1F. The maximum Gasteiger partial charge on any atom is 0.329 e. The fourth-order valence-corrected chi connectivity index (χ4v) is 3.82. The standard InChI is InChI=1S/C26H20ClFN2O4/c27-20-10-4-1-8-18(20)25(32)30-23(13-16-14-29-22-12-6-3-7-17(16)22)26(33)34-15-24(31)19-9-2-5-11-21(19)28/h1-12,14,23,29H,13,15H2,(H,30,32)/t23-/m1/s1. The molecule has 172 valence electrons. The van der Waals surface area contributed by atoms with Crippen molar-refractivity contribution in [1.82, 2.24) is 10.3 Å². The van der Waals surface area contributed by atoms with Gasteiger partial charge in [-0.1, -0.05) is 54.1 Å². The van der Waals surface area contributed by atoms with E-state index >= 15 is 0 Å². The predicted octanol–water partition coefficient (Wildman–Crippen LogP) is 4.73. The number of benzene rings is 3.